The van der Waals surface area contributed by atoms with Crippen LogP contribution in [0.2, 0.25) is 0 Å². The summed E-state index contributed by atoms with van der Waals surface area (Å²) in [5.41, 5.74) is 1.34. The molecule has 0 spiro atoms. The summed E-state index contributed by atoms with van der Waals surface area (Å²) in [5.74, 6) is 0.709. The molecule has 0 fully saturated rings. The first-order chi connectivity index (χ1) is 6.74. The summed E-state index contributed by atoms with van der Waals surface area (Å²) >= 11 is 0. The molecular formula is C12H17NO. The molecule has 2 nitrogen and oxygen atoms in total. The van der Waals surface area contributed by atoms with Crippen LogP contribution >= 0.6 is 0 Å². The van der Waals surface area contributed by atoms with Gasteiger partial charge < -0.3 is 9.64 Å². The van der Waals surface area contributed by atoms with E-state index < -0.39 is 0 Å². The van der Waals surface area contributed by atoms with E-state index in [0.29, 0.717) is 5.88 Å². The Morgan fingerprint density at radius 3 is 2.57 bits per heavy atom. The Labute approximate surface area is 85.8 Å². The number of benzene rings is 1. The average Bonchev–Trinajstić information content (AvgIpc) is 2.26. The summed E-state index contributed by atoms with van der Waals surface area (Å²) in [6.45, 7) is 4.72. The molecule has 0 aliphatic carbocycles. The first kappa shape index (κ1) is 10.6. The molecule has 0 N–H and O–H groups in total. The molecule has 1 aromatic rings. The summed E-state index contributed by atoms with van der Waals surface area (Å²) in [6.07, 6.45) is 1.01. The van der Waals surface area contributed by atoms with Crippen LogP contribution in [0.5, 0.6) is 0 Å². The minimum Gasteiger partial charge on any atom is -0.483 e. The molecule has 0 unspecified atom stereocenters. The Morgan fingerprint density at radius 2 is 2.00 bits per heavy atom. The van der Waals surface area contributed by atoms with Gasteiger partial charge in [0.15, 0.2) is 5.88 Å². The molecule has 76 valence electrons. The van der Waals surface area contributed by atoms with Gasteiger partial charge in [-0.3, -0.25) is 0 Å². The first-order valence-corrected chi connectivity index (χ1v) is 4.72. The number of ether oxygens (including phenoxy) is 1. The predicted octanol–water partition coefficient (Wildman–Crippen LogP) is 2.28. The van der Waals surface area contributed by atoms with E-state index in [1.54, 1.807) is 7.11 Å². The smallest absolute Gasteiger partial charge is 0.181 e. The van der Waals surface area contributed by atoms with Crippen LogP contribution in [0.15, 0.2) is 42.8 Å². The molecule has 2 heteroatoms. The van der Waals surface area contributed by atoms with Crippen LogP contribution in [0.25, 0.3) is 0 Å². The van der Waals surface area contributed by atoms with Gasteiger partial charge in [-0.1, -0.05) is 30.3 Å². The van der Waals surface area contributed by atoms with Crippen molar-refractivity contribution in [1.82, 2.24) is 4.90 Å². The number of hydrogen-bond acceptors (Lipinski definition) is 2. The molecule has 1 rings (SSSR count). The maximum absolute atomic E-state index is 5.03. The topological polar surface area (TPSA) is 12.5 Å². The average molecular weight is 191 g/mol. The fourth-order valence-corrected chi connectivity index (χ4v) is 1.22. The number of rotatable bonds is 5. The van der Waals surface area contributed by atoms with E-state index in [9.17, 15) is 0 Å². The molecule has 0 heterocycles. The van der Waals surface area contributed by atoms with Gasteiger partial charge in [-0.15, -0.1) is 0 Å². The minimum atomic E-state index is 0.709. The van der Waals surface area contributed by atoms with Crippen molar-refractivity contribution in [1.29, 1.82) is 0 Å². The van der Waals surface area contributed by atoms with E-state index in [4.69, 9.17) is 4.74 Å². The fraction of sp³-hybridized carbons (Fsp3) is 0.333. The van der Waals surface area contributed by atoms with Crippen LogP contribution < -0.4 is 0 Å². The third-order valence-electron chi connectivity index (χ3n) is 2.24. The lowest BCUT2D eigenvalue weighted by Gasteiger charge is -2.19. The van der Waals surface area contributed by atoms with Crippen molar-refractivity contribution in [3.05, 3.63) is 48.4 Å². The summed E-state index contributed by atoms with van der Waals surface area (Å²) in [4.78, 5) is 2.01. The monoisotopic (exact) mass is 191 g/mol. The van der Waals surface area contributed by atoms with Gasteiger partial charge in [0.1, 0.15) is 0 Å². The highest BCUT2D eigenvalue weighted by atomic mass is 16.5. The molecule has 0 aromatic heterocycles. The van der Waals surface area contributed by atoms with Gasteiger partial charge in [0.05, 0.1) is 7.11 Å². The SMILES string of the molecule is C=C(OC)N(C)CCc1ccccc1. The summed E-state index contributed by atoms with van der Waals surface area (Å²) < 4.78 is 5.03. The van der Waals surface area contributed by atoms with Crippen molar-refractivity contribution >= 4 is 0 Å². The largest absolute Gasteiger partial charge is 0.483 e. The predicted molar refractivity (Wildman–Crippen MR) is 58.9 cm³/mol. The molecule has 0 atom stereocenters. The Morgan fingerprint density at radius 1 is 1.36 bits per heavy atom. The van der Waals surface area contributed by atoms with Gasteiger partial charge in [0.2, 0.25) is 0 Å². The van der Waals surface area contributed by atoms with Crippen LogP contribution in [-0.2, 0) is 11.2 Å². The Bertz CT molecular complexity index is 282. The van der Waals surface area contributed by atoms with Crippen molar-refractivity contribution in [2.75, 3.05) is 20.7 Å². The third kappa shape index (κ3) is 3.13. The number of likely N-dealkylation sites (N-methyl/N-ethyl adjacent to an activating group) is 1. The third-order valence-corrected chi connectivity index (χ3v) is 2.24. The van der Waals surface area contributed by atoms with Crippen LogP contribution in [0, 0.1) is 0 Å². The Balaban J connectivity index is 2.38. The van der Waals surface area contributed by atoms with Crippen LogP contribution in [0.3, 0.4) is 0 Å². The second kappa shape index (κ2) is 5.32. The lowest BCUT2D eigenvalue weighted by Crippen LogP contribution is -2.20. The highest BCUT2D eigenvalue weighted by Gasteiger charge is 2.00. The zero-order chi connectivity index (χ0) is 10.4. The van der Waals surface area contributed by atoms with Crippen molar-refractivity contribution < 1.29 is 4.74 Å². The molecule has 0 radical (unpaired) electrons. The molecule has 0 bridgehead atoms. The van der Waals surface area contributed by atoms with Crippen molar-refractivity contribution in [2.45, 2.75) is 6.42 Å². The van der Waals surface area contributed by atoms with Gasteiger partial charge in [-0.2, -0.15) is 0 Å². The van der Waals surface area contributed by atoms with Crippen LogP contribution in [0.1, 0.15) is 5.56 Å². The second-order valence-electron chi connectivity index (χ2n) is 3.26. The maximum atomic E-state index is 5.03. The van der Waals surface area contributed by atoms with E-state index in [2.05, 4.69) is 30.8 Å². The van der Waals surface area contributed by atoms with E-state index in [-0.39, 0.29) is 0 Å². The zero-order valence-electron chi connectivity index (χ0n) is 8.86. The zero-order valence-corrected chi connectivity index (χ0v) is 8.86. The Hall–Kier alpha value is -1.44. The van der Waals surface area contributed by atoms with Gasteiger partial charge >= 0.3 is 0 Å². The van der Waals surface area contributed by atoms with Gasteiger partial charge in [0.25, 0.3) is 0 Å². The summed E-state index contributed by atoms with van der Waals surface area (Å²) in [6, 6.07) is 10.4. The summed E-state index contributed by atoms with van der Waals surface area (Å²) in [7, 11) is 3.62. The van der Waals surface area contributed by atoms with Crippen molar-refractivity contribution in [2.24, 2.45) is 0 Å². The van der Waals surface area contributed by atoms with Gasteiger partial charge in [-0.25, -0.2) is 0 Å². The van der Waals surface area contributed by atoms with Crippen LogP contribution in [-0.4, -0.2) is 25.6 Å². The van der Waals surface area contributed by atoms with E-state index >= 15 is 0 Å². The first-order valence-electron chi connectivity index (χ1n) is 4.72. The lowest BCUT2D eigenvalue weighted by atomic mass is 10.1. The maximum Gasteiger partial charge on any atom is 0.181 e. The molecule has 1 aromatic carbocycles. The number of methoxy groups -OCH3 is 1. The normalized spacial score (nSPS) is 9.57. The number of nitrogens with zero attached hydrogens (tertiary/aromatic N) is 1. The molecule has 0 aliphatic rings. The molecule has 0 saturated heterocycles. The molecule has 14 heavy (non-hydrogen) atoms. The van der Waals surface area contributed by atoms with E-state index in [1.807, 2.05) is 18.0 Å². The highest BCUT2D eigenvalue weighted by molar-refractivity contribution is 5.14. The minimum absolute atomic E-state index is 0.709. The Kier molecular flexibility index (Phi) is 4.05. The second-order valence-corrected chi connectivity index (χ2v) is 3.26. The van der Waals surface area contributed by atoms with Gasteiger partial charge in [0, 0.05) is 13.6 Å². The van der Waals surface area contributed by atoms with Gasteiger partial charge in [-0.05, 0) is 18.6 Å². The summed E-state index contributed by atoms with van der Waals surface area (Å²) in [5, 5.41) is 0. The highest BCUT2D eigenvalue weighted by Crippen LogP contribution is 2.03. The molecule has 0 amide bonds. The van der Waals surface area contributed by atoms with E-state index in [0.717, 1.165) is 13.0 Å². The standard InChI is InChI=1S/C12H17NO/c1-11(14-3)13(2)10-9-12-7-5-4-6-8-12/h4-8H,1,9-10H2,2-3H3. The quantitative estimate of drug-likeness (QED) is 0.662. The molecule has 0 aliphatic heterocycles. The lowest BCUT2D eigenvalue weighted by molar-refractivity contribution is 0.177. The number of hydrogen-bond donors (Lipinski definition) is 0. The fourth-order valence-electron chi connectivity index (χ4n) is 1.22. The van der Waals surface area contributed by atoms with Crippen molar-refractivity contribution in [3.8, 4) is 0 Å². The van der Waals surface area contributed by atoms with Crippen molar-refractivity contribution in [3.63, 3.8) is 0 Å². The molecular weight excluding hydrogens is 174 g/mol. The van der Waals surface area contributed by atoms with Crippen LogP contribution in [0.4, 0.5) is 0 Å². The van der Waals surface area contributed by atoms with E-state index in [1.165, 1.54) is 5.56 Å². The molecule has 0 saturated carbocycles.